The van der Waals surface area contributed by atoms with Crippen molar-refractivity contribution in [3.63, 3.8) is 0 Å². The maximum Gasteiger partial charge on any atom is 0.136 e. The fraction of sp³-hybridized carbons (Fsp3) is 0. The van der Waals surface area contributed by atoms with Gasteiger partial charge in [0.25, 0.3) is 0 Å². The zero-order valence-electron chi connectivity index (χ0n) is 21.1. The predicted molar refractivity (Wildman–Crippen MR) is 166 cm³/mol. The molecular weight excluding hydrogens is 472 g/mol. The number of fused-ring (bicyclic) bond motifs is 3. The molecule has 9 aromatic rings. The lowest BCUT2D eigenvalue weighted by atomic mass is 9.84. The highest BCUT2D eigenvalue weighted by Crippen LogP contribution is 2.47. The first kappa shape index (κ1) is 20.9. The summed E-state index contributed by atoms with van der Waals surface area (Å²) in [7, 11) is 0. The molecule has 0 radical (unpaired) electrons. The van der Waals surface area contributed by atoms with Gasteiger partial charge in [-0.05, 0) is 89.6 Å². The molecule has 1 aromatic heterocycles. The third-order valence-corrected chi connectivity index (χ3v) is 8.40. The molecule has 1 heterocycles. The van der Waals surface area contributed by atoms with Crippen LogP contribution in [0.25, 0.3) is 87.3 Å². The summed E-state index contributed by atoms with van der Waals surface area (Å²) in [6.07, 6.45) is 0. The van der Waals surface area contributed by atoms with Crippen LogP contribution in [0, 0.1) is 0 Å². The Morgan fingerprint density at radius 1 is 0.359 bits per heavy atom. The van der Waals surface area contributed by atoms with Crippen LogP contribution in [0.5, 0.6) is 0 Å². The zero-order chi connectivity index (χ0) is 25.5. The van der Waals surface area contributed by atoms with Gasteiger partial charge in [0.1, 0.15) is 11.2 Å². The third-order valence-electron chi connectivity index (χ3n) is 8.40. The van der Waals surface area contributed by atoms with E-state index in [0.29, 0.717) is 0 Å². The minimum Gasteiger partial charge on any atom is -0.456 e. The van der Waals surface area contributed by atoms with Crippen molar-refractivity contribution in [2.24, 2.45) is 0 Å². The Labute approximate surface area is 224 Å². The van der Waals surface area contributed by atoms with Crippen LogP contribution < -0.4 is 0 Å². The first-order valence-electron chi connectivity index (χ1n) is 13.4. The molecule has 39 heavy (non-hydrogen) atoms. The SMILES string of the molecule is c1ccc2cc(-c3c4ccccc4c(-c4ccc5oc6cccc7ccc4c5c76)c4ccccc34)ccc2c1. The van der Waals surface area contributed by atoms with Crippen molar-refractivity contribution in [3.8, 4) is 22.3 Å². The Hall–Kier alpha value is -5.14. The fourth-order valence-electron chi connectivity index (χ4n) is 6.74. The lowest BCUT2D eigenvalue weighted by Crippen LogP contribution is -1.92. The van der Waals surface area contributed by atoms with E-state index in [1.54, 1.807) is 0 Å². The van der Waals surface area contributed by atoms with E-state index in [-0.39, 0.29) is 0 Å². The van der Waals surface area contributed by atoms with Crippen molar-refractivity contribution in [1.82, 2.24) is 0 Å². The summed E-state index contributed by atoms with van der Waals surface area (Å²) in [6, 6.07) is 48.4. The topological polar surface area (TPSA) is 13.1 Å². The second kappa shape index (κ2) is 7.69. The van der Waals surface area contributed by atoms with Gasteiger partial charge in [-0.25, -0.2) is 0 Å². The number of furan rings is 1. The first-order chi connectivity index (χ1) is 19.3. The minimum absolute atomic E-state index is 0.946. The summed E-state index contributed by atoms with van der Waals surface area (Å²) in [4.78, 5) is 0. The van der Waals surface area contributed by atoms with Gasteiger partial charge in [-0.2, -0.15) is 0 Å². The van der Waals surface area contributed by atoms with E-state index in [1.165, 1.54) is 76.1 Å². The molecule has 0 atom stereocenters. The van der Waals surface area contributed by atoms with Crippen molar-refractivity contribution in [2.75, 3.05) is 0 Å². The van der Waals surface area contributed by atoms with Gasteiger partial charge in [-0.1, -0.05) is 109 Å². The van der Waals surface area contributed by atoms with Gasteiger partial charge in [0.05, 0.1) is 0 Å². The van der Waals surface area contributed by atoms with Crippen molar-refractivity contribution >= 4 is 65.0 Å². The summed E-state index contributed by atoms with van der Waals surface area (Å²) in [6.45, 7) is 0. The Bertz CT molecular complexity index is 2330. The van der Waals surface area contributed by atoms with E-state index in [2.05, 4.69) is 133 Å². The van der Waals surface area contributed by atoms with Gasteiger partial charge >= 0.3 is 0 Å². The standard InChI is InChI=1S/C38H22O/c1-2-9-25-22-26(17-16-23(25)8-1)35-27-11-3-5-13-29(27)37(30-14-6-4-12-28(30)35)31-20-21-34-38-32(31)19-18-24-10-7-15-33(39-34)36(24)38/h1-22H. The average Bonchev–Trinajstić information content (AvgIpc) is 3.38. The molecule has 0 saturated heterocycles. The molecule has 180 valence electrons. The summed E-state index contributed by atoms with van der Waals surface area (Å²) in [5, 5.41) is 12.5. The number of rotatable bonds is 2. The molecule has 1 nitrogen and oxygen atoms in total. The molecule has 0 unspecified atom stereocenters. The Morgan fingerprint density at radius 2 is 0.974 bits per heavy atom. The van der Waals surface area contributed by atoms with Crippen molar-refractivity contribution in [2.45, 2.75) is 0 Å². The highest BCUT2D eigenvalue weighted by atomic mass is 16.3. The van der Waals surface area contributed by atoms with Gasteiger partial charge in [-0.3, -0.25) is 0 Å². The third kappa shape index (κ3) is 2.85. The molecule has 0 aliphatic carbocycles. The Kier molecular flexibility index (Phi) is 4.11. The number of benzene rings is 8. The van der Waals surface area contributed by atoms with Crippen LogP contribution >= 0.6 is 0 Å². The zero-order valence-corrected chi connectivity index (χ0v) is 21.1. The van der Waals surface area contributed by atoms with Crippen LogP contribution in [-0.4, -0.2) is 0 Å². The van der Waals surface area contributed by atoms with Crippen LogP contribution in [0.4, 0.5) is 0 Å². The van der Waals surface area contributed by atoms with E-state index in [0.717, 1.165) is 11.2 Å². The van der Waals surface area contributed by atoms with Gasteiger partial charge in [0, 0.05) is 10.8 Å². The van der Waals surface area contributed by atoms with E-state index < -0.39 is 0 Å². The predicted octanol–water partition coefficient (Wildman–Crippen LogP) is 11.0. The van der Waals surface area contributed by atoms with Crippen molar-refractivity contribution in [3.05, 3.63) is 133 Å². The van der Waals surface area contributed by atoms with E-state index in [1.807, 2.05) is 0 Å². The second-order valence-electron chi connectivity index (χ2n) is 10.5. The lowest BCUT2D eigenvalue weighted by molar-refractivity contribution is 0.669. The molecule has 9 rings (SSSR count). The summed E-state index contributed by atoms with van der Waals surface area (Å²) < 4.78 is 6.29. The quantitative estimate of drug-likeness (QED) is 0.172. The van der Waals surface area contributed by atoms with Crippen LogP contribution in [-0.2, 0) is 0 Å². The molecule has 0 spiro atoms. The molecule has 0 saturated carbocycles. The lowest BCUT2D eigenvalue weighted by Gasteiger charge is -2.19. The normalized spacial score (nSPS) is 12.1. The molecule has 0 amide bonds. The van der Waals surface area contributed by atoms with Crippen molar-refractivity contribution in [1.29, 1.82) is 0 Å². The highest BCUT2D eigenvalue weighted by molar-refractivity contribution is 6.28. The number of hydrogen-bond donors (Lipinski definition) is 0. The van der Waals surface area contributed by atoms with E-state index in [9.17, 15) is 0 Å². The maximum absolute atomic E-state index is 6.29. The second-order valence-corrected chi connectivity index (χ2v) is 10.5. The molecule has 0 aliphatic rings. The van der Waals surface area contributed by atoms with E-state index in [4.69, 9.17) is 4.42 Å². The summed E-state index contributed by atoms with van der Waals surface area (Å²) in [5.41, 5.74) is 6.95. The molecule has 0 N–H and O–H groups in total. The van der Waals surface area contributed by atoms with Crippen LogP contribution in [0.3, 0.4) is 0 Å². The van der Waals surface area contributed by atoms with Gasteiger partial charge in [-0.15, -0.1) is 0 Å². The molecular formula is C38H22O. The van der Waals surface area contributed by atoms with Gasteiger partial charge < -0.3 is 4.42 Å². The Balaban J connectivity index is 1.44. The van der Waals surface area contributed by atoms with Crippen molar-refractivity contribution < 1.29 is 4.42 Å². The molecule has 0 aliphatic heterocycles. The van der Waals surface area contributed by atoms with Crippen LogP contribution in [0.1, 0.15) is 0 Å². The number of hydrogen-bond acceptors (Lipinski definition) is 1. The van der Waals surface area contributed by atoms with Gasteiger partial charge in [0.2, 0.25) is 0 Å². The molecule has 8 aromatic carbocycles. The molecule has 0 fully saturated rings. The molecule has 0 bridgehead atoms. The van der Waals surface area contributed by atoms with Gasteiger partial charge in [0.15, 0.2) is 0 Å². The van der Waals surface area contributed by atoms with Crippen LogP contribution in [0.2, 0.25) is 0 Å². The van der Waals surface area contributed by atoms with Crippen LogP contribution in [0.15, 0.2) is 138 Å². The molecule has 1 heteroatoms. The Morgan fingerprint density at radius 3 is 1.74 bits per heavy atom. The summed E-state index contributed by atoms with van der Waals surface area (Å²) >= 11 is 0. The largest absolute Gasteiger partial charge is 0.456 e. The fourth-order valence-corrected chi connectivity index (χ4v) is 6.74. The monoisotopic (exact) mass is 494 g/mol. The smallest absolute Gasteiger partial charge is 0.136 e. The summed E-state index contributed by atoms with van der Waals surface area (Å²) in [5.74, 6) is 0. The highest BCUT2D eigenvalue weighted by Gasteiger charge is 2.20. The first-order valence-corrected chi connectivity index (χ1v) is 13.4. The van der Waals surface area contributed by atoms with E-state index >= 15 is 0 Å². The average molecular weight is 495 g/mol. The minimum atomic E-state index is 0.946. The maximum atomic E-state index is 6.29.